The summed E-state index contributed by atoms with van der Waals surface area (Å²) in [6.07, 6.45) is 1.51. The fourth-order valence-corrected chi connectivity index (χ4v) is 1.79. The van der Waals surface area contributed by atoms with E-state index < -0.39 is 12.0 Å². The summed E-state index contributed by atoms with van der Waals surface area (Å²) in [6, 6.07) is 13.8. The van der Waals surface area contributed by atoms with Crippen LogP contribution in [0.25, 0.3) is 0 Å². The van der Waals surface area contributed by atoms with E-state index in [-0.39, 0.29) is 5.69 Å². The Morgan fingerprint density at radius 1 is 1.35 bits per heavy atom. The van der Waals surface area contributed by atoms with E-state index in [0.717, 1.165) is 5.56 Å². The number of hydrogen-bond donors (Lipinski definition) is 1. The van der Waals surface area contributed by atoms with Crippen molar-refractivity contribution in [2.75, 3.05) is 12.4 Å². The second kappa shape index (κ2) is 6.34. The number of ether oxygens (including phenoxy) is 1. The lowest BCUT2D eigenvalue weighted by molar-refractivity contribution is -0.141. The lowest BCUT2D eigenvalue weighted by atomic mass is 10.1. The van der Waals surface area contributed by atoms with E-state index in [2.05, 4.69) is 10.3 Å². The minimum absolute atomic E-state index is 0.284. The molecule has 1 unspecified atom stereocenters. The van der Waals surface area contributed by atoms with Crippen LogP contribution in [0.15, 0.2) is 48.7 Å². The molecule has 5 heteroatoms. The van der Waals surface area contributed by atoms with E-state index in [1.807, 2.05) is 36.4 Å². The van der Waals surface area contributed by atoms with Gasteiger partial charge in [0, 0.05) is 11.9 Å². The summed E-state index contributed by atoms with van der Waals surface area (Å²) in [6.45, 7) is 0. The van der Waals surface area contributed by atoms with Gasteiger partial charge in [0.05, 0.1) is 7.11 Å². The predicted octanol–water partition coefficient (Wildman–Crippen LogP) is 2.28. The molecule has 0 radical (unpaired) electrons. The summed E-state index contributed by atoms with van der Waals surface area (Å²) < 4.78 is 4.81. The van der Waals surface area contributed by atoms with Crippen LogP contribution in [0.4, 0.5) is 5.69 Å². The largest absolute Gasteiger partial charge is 0.467 e. The third-order valence-corrected chi connectivity index (χ3v) is 2.76. The van der Waals surface area contributed by atoms with Crippen molar-refractivity contribution in [2.24, 2.45) is 0 Å². The second-order valence-electron chi connectivity index (χ2n) is 4.05. The summed E-state index contributed by atoms with van der Waals surface area (Å²) in [5, 5.41) is 11.9. The monoisotopic (exact) mass is 267 g/mol. The van der Waals surface area contributed by atoms with Gasteiger partial charge >= 0.3 is 5.97 Å². The lowest BCUT2D eigenvalue weighted by Gasteiger charge is -2.18. The molecular weight excluding hydrogens is 254 g/mol. The number of nitrogens with one attached hydrogen (secondary N) is 1. The van der Waals surface area contributed by atoms with E-state index in [4.69, 9.17) is 10.00 Å². The van der Waals surface area contributed by atoms with Gasteiger partial charge in [-0.2, -0.15) is 5.26 Å². The number of esters is 1. The zero-order chi connectivity index (χ0) is 14.4. The summed E-state index contributed by atoms with van der Waals surface area (Å²) in [5.74, 6) is -0.397. The van der Waals surface area contributed by atoms with Crippen LogP contribution < -0.4 is 5.32 Å². The van der Waals surface area contributed by atoms with Crippen LogP contribution >= 0.6 is 0 Å². The van der Waals surface area contributed by atoms with E-state index in [1.54, 1.807) is 12.1 Å². The molecule has 2 aromatic rings. The lowest BCUT2D eigenvalue weighted by Crippen LogP contribution is -2.22. The summed E-state index contributed by atoms with van der Waals surface area (Å²) in [4.78, 5) is 15.8. The maximum atomic E-state index is 11.9. The van der Waals surface area contributed by atoms with Crippen LogP contribution in [0.3, 0.4) is 0 Å². The van der Waals surface area contributed by atoms with Gasteiger partial charge in [0.15, 0.2) is 6.04 Å². The Morgan fingerprint density at radius 2 is 2.10 bits per heavy atom. The standard InChI is InChI=1S/C15H13N3O2/c1-20-15(19)14(11-5-3-2-4-6-11)18-12-7-8-17-13(9-12)10-16/h2-9,14H,1H3,(H,17,18). The molecule has 0 bridgehead atoms. The van der Waals surface area contributed by atoms with Gasteiger partial charge in [0.25, 0.3) is 0 Å². The molecule has 2 rings (SSSR count). The molecule has 1 heterocycles. The van der Waals surface area contributed by atoms with Gasteiger partial charge < -0.3 is 10.1 Å². The molecule has 20 heavy (non-hydrogen) atoms. The first kappa shape index (κ1) is 13.6. The van der Waals surface area contributed by atoms with E-state index in [0.29, 0.717) is 5.69 Å². The third-order valence-electron chi connectivity index (χ3n) is 2.76. The highest BCUT2D eigenvalue weighted by Gasteiger charge is 2.21. The van der Waals surface area contributed by atoms with Crippen LogP contribution in [0.1, 0.15) is 17.3 Å². The van der Waals surface area contributed by atoms with Gasteiger partial charge in [-0.15, -0.1) is 0 Å². The van der Waals surface area contributed by atoms with Crippen molar-refractivity contribution < 1.29 is 9.53 Å². The molecule has 0 spiro atoms. The van der Waals surface area contributed by atoms with Crippen molar-refractivity contribution in [1.29, 1.82) is 5.26 Å². The number of carbonyl (C=O) groups excluding carboxylic acids is 1. The molecule has 0 aliphatic rings. The molecule has 0 saturated carbocycles. The number of benzene rings is 1. The molecular formula is C15H13N3O2. The number of nitriles is 1. The van der Waals surface area contributed by atoms with E-state index >= 15 is 0 Å². The predicted molar refractivity (Wildman–Crippen MR) is 73.8 cm³/mol. The first-order valence-corrected chi connectivity index (χ1v) is 6.00. The summed E-state index contributed by atoms with van der Waals surface area (Å²) in [7, 11) is 1.34. The number of rotatable bonds is 4. The number of pyridine rings is 1. The third kappa shape index (κ3) is 3.12. The van der Waals surface area contributed by atoms with Gasteiger partial charge in [-0.3, -0.25) is 0 Å². The van der Waals surface area contributed by atoms with Gasteiger partial charge in [-0.1, -0.05) is 30.3 Å². The quantitative estimate of drug-likeness (QED) is 0.860. The Labute approximate surface area is 116 Å². The van der Waals surface area contributed by atoms with E-state index in [9.17, 15) is 4.79 Å². The Hall–Kier alpha value is -2.87. The SMILES string of the molecule is COC(=O)C(Nc1ccnc(C#N)c1)c1ccccc1. The molecule has 0 fully saturated rings. The molecule has 1 atom stereocenters. The van der Waals surface area contributed by atoms with Crippen molar-refractivity contribution >= 4 is 11.7 Å². The molecule has 100 valence electrons. The molecule has 1 aromatic carbocycles. The Bertz CT molecular complexity index is 635. The van der Waals surface area contributed by atoms with Gasteiger partial charge in [-0.05, 0) is 17.7 Å². The zero-order valence-corrected chi connectivity index (χ0v) is 10.9. The average Bonchev–Trinajstić information content (AvgIpc) is 2.53. The van der Waals surface area contributed by atoms with Crippen molar-refractivity contribution in [3.63, 3.8) is 0 Å². The number of hydrogen-bond acceptors (Lipinski definition) is 5. The highest BCUT2D eigenvalue weighted by atomic mass is 16.5. The molecule has 0 aliphatic heterocycles. The number of nitrogens with zero attached hydrogens (tertiary/aromatic N) is 2. The van der Waals surface area contributed by atoms with Crippen molar-refractivity contribution in [1.82, 2.24) is 4.98 Å². The molecule has 1 N–H and O–H groups in total. The number of carbonyl (C=O) groups is 1. The molecule has 1 aromatic heterocycles. The summed E-state index contributed by atoms with van der Waals surface area (Å²) in [5.41, 5.74) is 1.71. The number of methoxy groups -OCH3 is 1. The first-order valence-electron chi connectivity index (χ1n) is 6.00. The Morgan fingerprint density at radius 3 is 2.75 bits per heavy atom. The van der Waals surface area contributed by atoms with Crippen molar-refractivity contribution in [3.05, 3.63) is 59.9 Å². The highest BCUT2D eigenvalue weighted by molar-refractivity contribution is 5.81. The fraction of sp³-hybridized carbons (Fsp3) is 0.133. The smallest absolute Gasteiger partial charge is 0.332 e. The van der Waals surface area contributed by atoms with Gasteiger partial charge in [0.2, 0.25) is 0 Å². The normalized spacial score (nSPS) is 11.2. The minimum Gasteiger partial charge on any atom is -0.467 e. The molecule has 0 aliphatic carbocycles. The number of anilines is 1. The molecule has 0 saturated heterocycles. The average molecular weight is 267 g/mol. The van der Waals surface area contributed by atoms with Crippen molar-refractivity contribution in [2.45, 2.75) is 6.04 Å². The first-order chi connectivity index (χ1) is 9.74. The minimum atomic E-state index is -0.629. The van der Waals surface area contributed by atoms with Crippen molar-refractivity contribution in [3.8, 4) is 6.07 Å². The Kier molecular flexibility index (Phi) is 4.30. The number of aromatic nitrogens is 1. The second-order valence-corrected chi connectivity index (χ2v) is 4.05. The topological polar surface area (TPSA) is 75.0 Å². The van der Waals surface area contributed by atoms with Crippen LogP contribution in [0.5, 0.6) is 0 Å². The maximum Gasteiger partial charge on any atom is 0.332 e. The maximum absolute atomic E-state index is 11.9. The zero-order valence-electron chi connectivity index (χ0n) is 10.9. The highest BCUT2D eigenvalue weighted by Crippen LogP contribution is 2.20. The molecule has 0 amide bonds. The van der Waals surface area contributed by atoms with Crippen LogP contribution in [0, 0.1) is 11.3 Å². The molecule has 5 nitrogen and oxygen atoms in total. The van der Waals surface area contributed by atoms with Crippen LogP contribution in [0.2, 0.25) is 0 Å². The van der Waals surface area contributed by atoms with Gasteiger partial charge in [-0.25, -0.2) is 9.78 Å². The van der Waals surface area contributed by atoms with E-state index in [1.165, 1.54) is 13.3 Å². The fourth-order valence-electron chi connectivity index (χ4n) is 1.79. The Balaban J connectivity index is 2.29. The van der Waals surface area contributed by atoms with Crippen LogP contribution in [-0.4, -0.2) is 18.1 Å². The van der Waals surface area contributed by atoms with Crippen LogP contribution in [-0.2, 0) is 9.53 Å². The summed E-state index contributed by atoms with van der Waals surface area (Å²) >= 11 is 0. The van der Waals surface area contributed by atoms with Gasteiger partial charge in [0.1, 0.15) is 11.8 Å².